The Morgan fingerprint density at radius 3 is 2.05 bits per heavy atom. The van der Waals surface area contributed by atoms with Crippen LogP contribution in [-0.2, 0) is 22.4 Å². The van der Waals surface area contributed by atoms with Gasteiger partial charge in [0.2, 0.25) is 5.91 Å². The largest absolute Gasteiger partial charge is 0.493 e. The lowest BCUT2D eigenvalue weighted by atomic mass is 9.72. The average Bonchev–Trinajstić information content (AvgIpc) is 3.01. The predicted octanol–water partition coefficient (Wildman–Crippen LogP) is 5.16. The van der Waals surface area contributed by atoms with Crippen LogP contribution < -0.4 is 18.9 Å². The van der Waals surface area contributed by atoms with Crippen LogP contribution in [0.3, 0.4) is 0 Å². The number of amides is 1. The number of piperidine rings is 1. The summed E-state index contributed by atoms with van der Waals surface area (Å²) in [5.74, 6) is 3.96. The van der Waals surface area contributed by atoms with Gasteiger partial charge in [0.15, 0.2) is 23.0 Å². The molecular weight excluding hydrogens is 520 g/mol. The van der Waals surface area contributed by atoms with Crippen molar-refractivity contribution in [3.05, 3.63) is 46.5 Å². The Labute approximate surface area is 243 Å². The van der Waals surface area contributed by atoms with E-state index in [-0.39, 0.29) is 24.8 Å². The Kier molecular flexibility index (Phi) is 9.07. The van der Waals surface area contributed by atoms with E-state index < -0.39 is 0 Å². The fourth-order valence-electron chi connectivity index (χ4n) is 7.45. The normalized spacial score (nSPS) is 23.6. The van der Waals surface area contributed by atoms with Crippen molar-refractivity contribution in [2.45, 2.75) is 64.0 Å². The molecule has 0 spiro atoms. The Bertz CT molecular complexity index is 1260. The number of carbonyl (C=O) groups excluding carboxylic acids is 2. The topological polar surface area (TPSA) is 77.5 Å². The molecule has 2 aromatic rings. The number of fused-ring (bicyclic) bond motifs is 4. The highest BCUT2D eigenvalue weighted by Gasteiger charge is 2.42. The van der Waals surface area contributed by atoms with E-state index in [1.165, 1.54) is 16.7 Å². The van der Waals surface area contributed by atoms with Gasteiger partial charge in [0.1, 0.15) is 6.29 Å². The average molecular weight is 565 g/mol. The van der Waals surface area contributed by atoms with E-state index in [0.717, 1.165) is 68.5 Å². The molecule has 0 bridgehead atoms. The third kappa shape index (κ3) is 5.63. The number of aldehydes is 1. The van der Waals surface area contributed by atoms with Crippen LogP contribution in [0.1, 0.15) is 73.4 Å². The van der Waals surface area contributed by atoms with Crippen LogP contribution in [0.25, 0.3) is 0 Å². The molecule has 0 N–H and O–H groups in total. The summed E-state index contributed by atoms with van der Waals surface area (Å²) in [6.45, 7) is 5.02. The highest BCUT2D eigenvalue weighted by atomic mass is 16.5. The lowest BCUT2D eigenvalue weighted by molar-refractivity contribution is -0.135. The van der Waals surface area contributed by atoms with Crippen molar-refractivity contribution in [2.24, 2.45) is 11.8 Å². The molecule has 4 atom stereocenters. The van der Waals surface area contributed by atoms with Crippen LogP contribution in [0, 0.1) is 11.8 Å². The molecule has 3 aliphatic heterocycles. The van der Waals surface area contributed by atoms with Crippen molar-refractivity contribution in [3.63, 3.8) is 0 Å². The first-order valence-electron chi connectivity index (χ1n) is 14.9. The molecule has 41 heavy (non-hydrogen) atoms. The minimum atomic E-state index is -0.0724. The maximum Gasteiger partial charge on any atom is 0.223 e. The second kappa shape index (κ2) is 12.7. The van der Waals surface area contributed by atoms with Crippen molar-refractivity contribution < 1.29 is 28.5 Å². The van der Waals surface area contributed by atoms with Crippen molar-refractivity contribution in [1.82, 2.24) is 9.80 Å². The van der Waals surface area contributed by atoms with Gasteiger partial charge < -0.3 is 28.6 Å². The van der Waals surface area contributed by atoms with E-state index in [4.69, 9.17) is 18.9 Å². The van der Waals surface area contributed by atoms with E-state index in [0.29, 0.717) is 35.9 Å². The first-order chi connectivity index (χ1) is 20.0. The van der Waals surface area contributed by atoms with Crippen LogP contribution in [0.5, 0.6) is 23.0 Å². The van der Waals surface area contributed by atoms with Gasteiger partial charge in [-0.2, -0.15) is 0 Å². The van der Waals surface area contributed by atoms with E-state index in [1.54, 1.807) is 28.4 Å². The number of rotatable bonds is 10. The number of methoxy groups -OCH3 is 4. The van der Waals surface area contributed by atoms with Crippen LogP contribution in [-0.4, -0.2) is 70.1 Å². The van der Waals surface area contributed by atoms with Crippen LogP contribution >= 0.6 is 0 Å². The molecule has 0 aliphatic carbocycles. The third-order valence-electron chi connectivity index (χ3n) is 9.62. The standard InChI is InChI=1S/C33H44N2O6/c1-6-21-20-34-11-9-22-16-29(38-2)31(40-4)18-25(22)27(34)14-24(21)15-28-26-19-32(41-5)30(39-3)17-23(26)10-12-35(28)33(37)8-7-13-36/h13,16-19,21,24,27-28H,6-12,14-15,20H2,1-5H3. The zero-order chi connectivity index (χ0) is 29.1. The molecule has 222 valence electrons. The Morgan fingerprint density at radius 2 is 1.44 bits per heavy atom. The first kappa shape index (κ1) is 29.2. The number of carbonyl (C=O) groups is 2. The summed E-state index contributed by atoms with van der Waals surface area (Å²) >= 11 is 0. The minimum absolute atomic E-state index is 0.0489. The Morgan fingerprint density at radius 1 is 0.854 bits per heavy atom. The molecule has 1 saturated heterocycles. The summed E-state index contributed by atoms with van der Waals surface area (Å²) in [5, 5.41) is 0. The second-order valence-corrected chi connectivity index (χ2v) is 11.5. The van der Waals surface area contributed by atoms with Gasteiger partial charge in [0, 0.05) is 38.5 Å². The molecule has 0 radical (unpaired) electrons. The summed E-state index contributed by atoms with van der Waals surface area (Å²) < 4.78 is 22.6. The lowest BCUT2D eigenvalue weighted by Crippen LogP contribution is -2.47. The van der Waals surface area contributed by atoms with Crippen molar-refractivity contribution >= 4 is 12.2 Å². The molecule has 1 fully saturated rings. The molecule has 8 nitrogen and oxygen atoms in total. The fourth-order valence-corrected chi connectivity index (χ4v) is 7.45. The Balaban J connectivity index is 1.50. The molecular formula is C33H44N2O6. The summed E-state index contributed by atoms with van der Waals surface area (Å²) in [7, 11) is 6.70. The smallest absolute Gasteiger partial charge is 0.223 e. The van der Waals surface area contributed by atoms with Crippen LogP contribution in [0.2, 0.25) is 0 Å². The van der Waals surface area contributed by atoms with Gasteiger partial charge in [-0.1, -0.05) is 13.3 Å². The van der Waals surface area contributed by atoms with Crippen LogP contribution in [0.4, 0.5) is 0 Å². The van der Waals surface area contributed by atoms with Crippen molar-refractivity contribution in [3.8, 4) is 23.0 Å². The number of nitrogens with zero attached hydrogens (tertiary/aromatic N) is 2. The first-order valence-corrected chi connectivity index (χ1v) is 14.9. The number of benzene rings is 2. The van der Waals surface area contributed by atoms with E-state index in [9.17, 15) is 9.59 Å². The molecule has 0 saturated carbocycles. The fraction of sp³-hybridized carbons (Fsp3) is 0.576. The Hall–Kier alpha value is -3.26. The number of hydrogen-bond donors (Lipinski definition) is 0. The minimum Gasteiger partial charge on any atom is -0.493 e. The highest BCUT2D eigenvalue weighted by Crippen LogP contribution is 2.49. The van der Waals surface area contributed by atoms with Crippen molar-refractivity contribution in [2.75, 3.05) is 48.1 Å². The van der Waals surface area contributed by atoms with Crippen LogP contribution in [0.15, 0.2) is 24.3 Å². The second-order valence-electron chi connectivity index (χ2n) is 11.5. The number of ether oxygens (including phenoxy) is 4. The zero-order valence-electron chi connectivity index (χ0n) is 25.1. The maximum atomic E-state index is 13.4. The van der Waals surface area contributed by atoms with Gasteiger partial charge in [-0.3, -0.25) is 9.69 Å². The number of hydrogen-bond acceptors (Lipinski definition) is 7. The molecule has 4 unspecified atom stereocenters. The maximum absolute atomic E-state index is 13.4. The molecule has 5 rings (SSSR count). The summed E-state index contributed by atoms with van der Waals surface area (Å²) in [6.07, 6.45) is 6.09. The summed E-state index contributed by atoms with van der Waals surface area (Å²) in [4.78, 5) is 29.2. The van der Waals surface area contributed by atoms with Gasteiger partial charge in [0.25, 0.3) is 0 Å². The van der Waals surface area contributed by atoms with E-state index >= 15 is 0 Å². The lowest BCUT2D eigenvalue weighted by Gasteiger charge is -2.49. The van der Waals surface area contributed by atoms with Gasteiger partial charge in [-0.25, -0.2) is 0 Å². The third-order valence-corrected chi connectivity index (χ3v) is 9.62. The SMILES string of the molecule is CCC1CN2CCc3cc(OC)c(OC)cc3C2CC1CC1c2cc(OC)c(OC)cc2CCN1C(=O)CCC=O. The molecule has 2 aromatic carbocycles. The molecule has 8 heteroatoms. The molecule has 3 aliphatic rings. The van der Waals surface area contributed by atoms with Gasteiger partial charge >= 0.3 is 0 Å². The van der Waals surface area contributed by atoms with Gasteiger partial charge in [-0.05, 0) is 84.0 Å². The quantitative estimate of drug-likeness (QED) is 0.369. The monoisotopic (exact) mass is 564 g/mol. The molecule has 1 amide bonds. The van der Waals surface area contributed by atoms with Crippen molar-refractivity contribution in [1.29, 1.82) is 0 Å². The van der Waals surface area contributed by atoms with E-state index in [2.05, 4.69) is 36.1 Å². The summed E-state index contributed by atoms with van der Waals surface area (Å²) in [5.41, 5.74) is 5.02. The van der Waals surface area contributed by atoms with E-state index in [1.807, 2.05) is 4.90 Å². The summed E-state index contributed by atoms with van der Waals surface area (Å²) in [6, 6.07) is 8.70. The molecule has 0 aromatic heterocycles. The molecule has 3 heterocycles. The van der Waals surface area contributed by atoms with Gasteiger partial charge in [0.05, 0.1) is 34.5 Å². The van der Waals surface area contributed by atoms with Gasteiger partial charge in [-0.15, -0.1) is 0 Å². The zero-order valence-corrected chi connectivity index (χ0v) is 25.1. The highest BCUT2D eigenvalue weighted by molar-refractivity contribution is 5.79. The predicted molar refractivity (Wildman–Crippen MR) is 157 cm³/mol.